The van der Waals surface area contributed by atoms with Crippen molar-refractivity contribution in [1.82, 2.24) is 29.7 Å². The molecular formula is C24H23ClN6O5. The van der Waals surface area contributed by atoms with Gasteiger partial charge in [-0.3, -0.25) is 9.67 Å². The van der Waals surface area contributed by atoms with Gasteiger partial charge in [-0.25, -0.2) is 0 Å². The third-order valence-electron chi connectivity index (χ3n) is 6.89. The van der Waals surface area contributed by atoms with Crippen molar-refractivity contribution in [2.24, 2.45) is 7.05 Å². The average molecular weight is 511 g/mol. The third kappa shape index (κ3) is 3.70. The van der Waals surface area contributed by atoms with E-state index in [0.29, 0.717) is 28.7 Å². The second-order valence-electron chi connectivity index (χ2n) is 9.32. The number of pyridine rings is 2. The first-order valence-electron chi connectivity index (χ1n) is 11.8. The van der Waals surface area contributed by atoms with Crippen molar-refractivity contribution in [2.45, 2.75) is 43.4 Å². The lowest BCUT2D eigenvalue weighted by molar-refractivity contribution is 0.00706. The van der Waals surface area contributed by atoms with Gasteiger partial charge in [0.05, 0.1) is 30.6 Å². The van der Waals surface area contributed by atoms with Crippen LogP contribution in [0.3, 0.4) is 0 Å². The van der Waals surface area contributed by atoms with Crippen molar-refractivity contribution in [2.75, 3.05) is 13.2 Å². The number of fused-ring (bicyclic) bond motifs is 3. The molecule has 7 rings (SSSR count). The second-order valence-corrected chi connectivity index (χ2v) is 9.73. The Balaban J connectivity index is 1.10. The standard InChI is InChI=1S/C24H23ClN6O5/c1-31-8-13(7-27-31)12-4-11-2-3-17(19(11)26-6-12)35-23-14(25)5-15-22(29-23)30-24(28-15)36-18-10-34-20-16(32)9-33-21(18)20/h4-8,16-18,20-21,32H,2-3,9-10H2,1H3,(H,28,29,30)/t16-,17?,18-,20-,21-/m1/s1. The lowest BCUT2D eigenvalue weighted by atomic mass is 10.1. The van der Waals surface area contributed by atoms with Crippen LogP contribution in [0.1, 0.15) is 23.8 Å². The number of aliphatic hydroxyl groups is 1. The molecule has 2 N–H and O–H groups in total. The van der Waals surface area contributed by atoms with Crippen LogP contribution in [0.2, 0.25) is 5.02 Å². The number of nitrogens with one attached hydrogen (secondary N) is 1. The summed E-state index contributed by atoms with van der Waals surface area (Å²) >= 11 is 6.51. The summed E-state index contributed by atoms with van der Waals surface area (Å²) in [5, 5.41) is 14.5. The first-order chi connectivity index (χ1) is 17.5. The predicted octanol–water partition coefficient (Wildman–Crippen LogP) is 2.38. The van der Waals surface area contributed by atoms with Crippen molar-refractivity contribution in [3.63, 3.8) is 0 Å². The van der Waals surface area contributed by atoms with Gasteiger partial charge < -0.3 is 29.0 Å². The van der Waals surface area contributed by atoms with Crippen molar-refractivity contribution in [1.29, 1.82) is 0 Å². The highest BCUT2D eigenvalue weighted by Crippen LogP contribution is 2.38. The van der Waals surface area contributed by atoms with Crippen LogP contribution in [0.5, 0.6) is 11.9 Å². The number of aromatic amines is 1. The van der Waals surface area contributed by atoms with E-state index >= 15 is 0 Å². The van der Waals surface area contributed by atoms with E-state index in [1.807, 2.05) is 25.6 Å². The van der Waals surface area contributed by atoms with Gasteiger partial charge in [-0.05, 0) is 30.5 Å². The fourth-order valence-electron chi connectivity index (χ4n) is 5.12. The predicted molar refractivity (Wildman–Crippen MR) is 127 cm³/mol. The molecule has 3 aliphatic rings. The third-order valence-corrected chi connectivity index (χ3v) is 7.16. The van der Waals surface area contributed by atoms with Crippen molar-refractivity contribution in [3.8, 4) is 23.0 Å². The minimum Gasteiger partial charge on any atom is -0.467 e. The molecule has 0 bridgehead atoms. The normalized spacial score (nSPS) is 26.9. The molecule has 0 radical (unpaired) electrons. The summed E-state index contributed by atoms with van der Waals surface area (Å²) in [5.41, 5.74) is 5.13. The maximum atomic E-state index is 9.93. The van der Waals surface area contributed by atoms with Gasteiger partial charge in [-0.15, -0.1) is 0 Å². The van der Waals surface area contributed by atoms with Crippen LogP contribution in [0.15, 0.2) is 30.7 Å². The topological polar surface area (TPSA) is 129 Å². The average Bonchev–Trinajstić information content (AvgIpc) is 3.67. The molecule has 1 aliphatic carbocycles. The Labute approximate surface area is 210 Å². The lowest BCUT2D eigenvalue weighted by Gasteiger charge is -2.15. The smallest absolute Gasteiger partial charge is 0.296 e. The Morgan fingerprint density at radius 3 is 2.86 bits per heavy atom. The van der Waals surface area contributed by atoms with E-state index in [4.69, 9.17) is 35.5 Å². The number of ether oxygens (including phenoxy) is 4. The van der Waals surface area contributed by atoms with Crippen LogP contribution in [0.25, 0.3) is 22.3 Å². The van der Waals surface area contributed by atoms with Gasteiger partial charge >= 0.3 is 0 Å². The molecule has 11 nitrogen and oxygen atoms in total. The van der Waals surface area contributed by atoms with E-state index in [1.54, 1.807) is 10.7 Å². The Hall–Kier alpha value is -3.25. The summed E-state index contributed by atoms with van der Waals surface area (Å²) in [7, 11) is 1.89. The van der Waals surface area contributed by atoms with Gasteiger partial charge in [0.2, 0.25) is 5.88 Å². The quantitative estimate of drug-likeness (QED) is 0.415. The molecule has 0 saturated carbocycles. The Morgan fingerprint density at radius 1 is 1.11 bits per heavy atom. The zero-order chi connectivity index (χ0) is 24.4. The summed E-state index contributed by atoms with van der Waals surface area (Å²) in [6, 6.07) is 4.14. The number of H-pyrrole nitrogens is 1. The number of halogens is 1. The molecule has 2 aliphatic heterocycles. The molecule has 6 heterocycles. The highest BCUT2D eigenvalue weighted by Gasteiger charge is 2.48. The summed E-state index contributed by atoms with van der Waals surface area (Å²) in [5.74, 6) is 0.296. The minimum absolute atomic E-state index is 0.233. The van der Waals surface area contributed by atoms with E-state index < -0.39 is 6.10 Å². The molecule has 0 aromatic carbocycles. The zero-order valence-corrected chi connectivity index (χ0v) is 20.1. The van der Waals surface area contributed by atoms with Gasteiger partial charge in [0.1, 0.15) is 29.4 Å². The molecule has 2 saturated heterocycles. The first-order valence-corrected chi connectivity index (χ1v) is 12.2. The molecule has 0 spiro atoms. The van der Waals surface area contributed by atoms with Crippen LogP contribution in [0.4, 0.5) is 0 Å². The van der Waals surface area contributed by atoms with Crippen LogP contribution in [-0.4, -0.2) is 72.5 Å². The molecule has 0 amide bonds. The van der Waals surface area contributed by atoms with E-state index in [1.165, 1.54) is 0 Å². The molecule has 1 unspecified atom stereocenters. The molecule has 12 heteroatoms. The maximum absolute atomic E-state index is 9.93. The summed E-state index contributed by atoms with van der Waals surface area (Å²) < 4.78 is 25.2. The Kier molecular flexibility index (Phi) is 5.14. The number of hydrogen-bond acceptors (Lipinski definition) is 9. The highest BCUT2D eigenvalue weighted by atomic mass is 35.5. The number of aliphatic hydroxyl groups excluding tert-OH is 1. The lowest BCUT2D eigenvalue weighted by Crippen LogP contribution is -2.34. The molecule has 36 heavy (non-hydrogen) atoms. The molecule has 4 aromatic heterocycles. The number of nitrogens with zero attached hydrogens (tertiary/aromatic N) is 5. The van der Waals surface area contributed by atoms with Crippen LogP contribution < -0.4 is 9.47 Å². The first kappa shape index (κ1) is 22.0. The van der Waals surface area contributed by atoms with Gasteiger partial charge in [0.25, 0.3) is 6.01 Å². The SMILES string of the molecule is Cn1cc(-c2cnc3c(c2)CCC3Oc2nc3nc(O[C@@H]4CO[C@H]5[C@@H]4OC[C@H]5O)[nH]c3cc2Cl)cn1. The van der Waals surface area contributed by atoms with E-state index in [2.05, 4.69) is 26.1 Å². The summed E-state index contributed by atoms with van der Waals surface area (Å²) in [6.07, 6.45) is 5.28. The second kappa shape index (κ2) is 8.41. The molecular weight excluding hydrogens is 488 g/mol. The monoisotopic (exact) mass is 510 g/mol. The van der Waals surface area contributed by atoms with Crippen LogP contribution >= 0.6 is 11.6 Å². The fourth-order valence-corrected chi connectivity index (χ4v) is 5.31. The molecule has 4 aromatic rings. The Morgan fingerprint density at radius 2 is 2.00 bits per heavy atom. The van der Waals surface area contributed by atoms with Gasteiger partial charge in [0.15, 0.2) is 11.8 Å². The zero-order valence-electron chi connectivity index (χ0n) is 19.3. The number of rotatable bonds is 5. The number of aromatic nitrogens is 6. The van der Waals surface area contributed by atoms with Gasteiger partial charge in [-0.1, -0.05) is 11.6 Å². The maximum Gasteiger partial charge on any atom is 0.296 e. The number of hydrogen-bond donors (Lipinski definition) is 2. The van der Waals surface area contributed by atoms with E-state index in [9.17, 15) is 5.11 Å². The van der Waals surface area contributed by atoms with Crippen molar-refractivity contribution in [3.05, 3.63) is 47.0 Å². The summed E-state index contributed by atoms with van der Waals surface area (Å²) in [4.78, 5) is 16.8. The van der Waals surface area contributed by atoms with Crippen LogP contribution in [0, 0.1) is 0 Å². The Bertz CT molecular complexity index is 1460. The number of aryl methyl sites for hydroxylation is 2. The molecule has 2 fully saturated rings. The van der Waals surface area contributed by atoms with Gasteiger partial charge in [0, 0.05) is 30.6 Å². The molecule has 186 valence electrons. The highest BCUT2D eigenvalue weighted by molar-refractivity contribution is 6.32. The fraction of sp³-hybridized carbons (Fsp3) is 0.417. The van der Waals surface area contributed by atoms with Crippen LogP contribution in [-0.2, 0) is 22.9 Å². The van der Waals surface area contributed by atoms with Gasteiger partial charge in [-0.2, -0.15) is 15.1 Å². The van der Waals surface area contributed by atoms with E-state index in [-0.39, 0.29) is 37.0 Å². The largest absolute Gasteiger partial charge is 0.467 e. The molecule has 5 atom stereocenters. The summed E-state index contributed by atoms with van der Waals surface area (Å²) in [6.45, 7) is 0.541. The minimum atomic E-state index is -0.642. The van der Waals surface area contributed by atoms with E-state index in [0.717, 1.165) is 35.2 Å². The van der Waals surface area contributed by atoms with Crippen molar-refractivity contribution < 1.29 is 24.1 Å². The number of imidazole rings is 1. The van der Waals surface area contributed by atoms with Crippen molar-refractivity contribution >= 4 is 22.8 Å².